The highest BCUT2D eigenvalue weighted by molar-refractivity contribution is 7.15. The van der Waals surface area contributed by atoms with Crippen LogP contribution in [0.2, 0.25) is 0 Å². The molecule has 1 amide bonds. The SMILES string of the molecule is CN1C(=O)C[C@H](c2ccccc2)[C@@H]1[C@H](F)c1ccc(-c2ccc(F)cc2)s1. The van der Waals surface area contributed by atoms with Gasteiger partial charge in [-0.05, 0) is 35.4 Å². The van der Waals surface area contributed by atoms with Gasteiger partial charge in [-0.2, -0.15) is 0 Å². The standard InChI is InChI=1S/C22H19F2NOS/c1-25-20(26)13-17(14-5-3-2-4-6-14)22(25)21(24)19-12-11-18(27-19)15-7-9-16(23)10-8-15/h2-12,17,21-22H,13H2,1H3/t17-,21-,22-/m1/s1. The minimum Gasteiger partial charge on any atom is -0.339 e. The van der Waals surface area contributed by atoms with Gasteiger partial charge < -0.3 is 4.90 Å². The fourth-order valence-electron chi connectivity index (χ4n) is 3.74. The Balaban J connectivity index is 1.63. The van der Waals surface area contributed by atoms with E-state index >= 15 is 4.39 Å². The van der Waals surface area contributed by atoms with Crippen LogP contribution >= 0.6 is 11.3 Å². The van der Waals surface area contributed by atoms with Crippen LogP contribution in [0.15, 0.2) is 66.7 Å². The van der Waals surface area contributed by atoms with Crippen LogP contribution < -0.4 is 0 Å². The first kappa shape index (κ1) is 17.9. The van der Waals surface area contributed by atoms with E-state index in [0.717, 1.165) is 16.0 Å². The van der Waals surface area contributed by atoms with Crippen LogP contribution in [0.25, 0.3) is 10.4 Å². The Morgan fingerprint density at radius 2 is 1.74 bits per heavy atom. The summed E-state index contributed by atoms with van der Waals surface area (Å²) in [5, 5.41) is 0. The molecule has 0 radical (unpaired) electrons. The number of carbonyl (C=O) groups is 1. The Labute approximate surface area is 161 Å². The minimum absolute atomic E-state index is 0.0354. The van der Waals surface area contributed by atoms with Crippen LogP contribution in [-0.4, -0.2) is 23.9 Å². The molecule has 5 heteroatoms. The maximum absolute atomic E-state index is 15.5. The number of halogens is 2. The van der Waals surface area contributed by atoms with E-state index in [1.165, 1.54) is 23.5 Å². The second-order valence-electron chi connectivity index (χ2n) is 6.83. The van der Waals surface area contributed by atoms with Crippen molar-refractivity contribution in [3.05, 3.63) is 83.0 Å². The van der Waals surface area contributed by atoms with Gasteiger partial charge >= 0.3 is 0 Å². The monoisotopic (exact) mass is 383 g/mol. The molecule has 1 aromatic heterocycles. The molecule has 2 aromatic carbocycles. The zero-order valence-electron chi connectivity index (χ0n) is 14.8. The molecule has 1 aliphatic heterocycles. The summed E-state index contributed by atoms with van der Waals surface area (Å²) in [7, 11) is 1.68. The van der Waals surface area contributed by atoms with Crippen LogP contribution in [0.5, 0.6) is 0 Å². The molecule has 0 bridgehead atoms. The number of thiophene rings is 1. The summed E-state index contributed by atoms with van der Waals surface area (Å²) >= 11 is 1.35. The van der Waals surface area contributed by atoms with Crippen molar-refractivity contribution in [1.82, 2.24) is 4.90 Å². The van der Waals surface area contributed by atoms with Crippen LogP contribution in [-0.2, 0) is 4.79 Å². The van der Waals surface area contributed by atoms with E-state index in [1.807, 2.05) is 36.4 Å². The Hall–Kier alpha value is -2.53. The fraction of sp³-hybridized carbons (Fsp3) is 0.227. The van der Waals surface area contributed by atoms with Gasteiger partial charge in [-0.15, -0.1) is 11.3 Å². The molecule has 0 saturated carbocycles. The van der Waals surface area contributed by atoms with E-state index in [4.69, 9.17) is 0 Å². The zero-order chi connectivity index (χ0) is 19.0. The summed E-state index contributed by atoms with van der Waals surface area (Å²) in [5.41, 5.74) is 1.84. The number of amides is 1. The van der Waals surface area contributed by atoms with Gasteiger partial charge in [-0.25, -0.2) is 8.78 Å². The second kappa shape index (κ2) is 7.24. The topological polar surface area (TPSA) is 20.3 Å². The Kier molecular flexibility index (Phi) is 4.79. The van der Waals surface area contributed by atoms with Crippen molar-refractivity contribution in [3.8, 4) is 10.4 Å². The van der Waals surface area contributed by atoms with E-state index in [9.17, 15) is 9.18 Å². The quantitative estimate of drug-likeness (QED) is 0.576. The zero-order valence-corrected chi connectivity index (χ0v) is 15.6. The first-order chi connectivity index (χ1) is 13.0. The van der Waals surface area contributed by atoms with Gasteiger partial charge in [0.15, 0.2) is 6.17 Å². The molecule has 1 fully saturated rings. The molecule has 0 aliphatic carbocycles. The number of hydrogen-bond acceptors (Lipinski definition) is 2. The largest absolute Gasteiger partial charge is 0.339 e. The van der Waals surface area contributed by atoms with Crippen molar-refractivity contribution >= 4 is 17.2 Å². The van der Waals surface area contributed by atoms with Crippen LogP contribution in [0, 0.1) is 5.82 Å². The van der Waals surface area contributed by atoms with Crippen molar-refractivity contribution in [3.63, 3.8) is 0 Å². The van der Waals surface area contributed by atoms with E-state index in [2.05, 4.69) is 0 Å². The number of likely N-dealkylation sites (tertiary alicyclic amines) is 1. The first-order valence-corrected chi connectivity index (χ1v) is 9.66. The molecule has 3 aromatic rings. The summed E-state index contributed by atoms with van der Waals surface area (Å²) in [5.74, 6) is -0.502. The van der Waals surface area contributed by atoms with Crippen molar-refractivity contribution in [1.29, 1.82) is 0 Å². The normalized spacial score (nSPS) is 20.9. The van der Waals surface area contributed by atoms with E-state index in [1.54, 1.807) is 30.1 Å². The molecule has 0 unspecified atom stereocenters. The summed E-state index contributed by atoms with van der Waals surface area (Å²) in [6.45, 7) is 0. The number of alkyl halides is 1. The molecular formula is C22H19F2NOS. The predicted molar refractivity (Wildman–Crippen MR) is 104 cm³/mol. The van der Waals surface area contributed by atoms with Gasteiger partial charge in [-0.3, -0.25) is 4.79 Å². The summed E-state index contributed by atoms with van der Waals surface area (Å²) in [6.07, 6.45) is -0.951. The van der Waals surface area contributed by atoms with Crippen LogP contribution in [0.3, 0.4) is 0 Å². The van der Waals surface area contributed by atoms with Gasteiger partial charge in [-0.1, -0.05) is 42.5 Å². The summed E-state index contributed by atoms with van der Waals surface area (Å²) < 4.78 is 28.7. The van der Waals surface area contributed by atoms with Crippen LogP contribution in [0.4, 0.5) is 8.78 Å². The number of nitrogens with zero attached hydrogens (tertiary/aromatic N) is 1. The summed E-state index contributed by atoms with van der Waals surface area (Å²) in [4.78, 5) is 15.3. The maximum Gasteiger partial charge on any atom is 0.223 e. The predicted octanol–water partition coefficient (Wildman–Crippen LogP) is 5.58. The van der Waals surface area contributed by atoms with Crippen molar-refractivity contribution in [2.45, 2.75) is 24.6 Å². The lowest BCUT2D eigenvalue weighted by atomic mass is 9.88. The smallest absolute Gasteiger partial charge is 0.223 e. The van der Waals surface area contributed by atoms with Crippen LogP contribution in [0.1, 0.15) is 29.0 Å². The number of rotatable bonds is 4. The maximum atomic E-state index is 15.5. The average molecular weight is 383 g/mol. The molecule has 4 rings (SSSR count). The molecule has 1 saturated heterocycles. The Morgan fingerprint density at radius 3 is 2.44 bits per heavy atom. The van der Waals surface area contributed by atoms with Crippen molar-refractivity contribution in [2.75, 3.05) is 7.05 Å². The molecule has 138 valence electrons. The lowest BCUT2D eigenvalue weighted by molar-refractivity contribution is -0.128. The van der Waals surface area contributed by atoms with Gasteiger partial charge in [0.2, 0.25) is 5.91 Å². The molecule has 27 heavy (non-hydrogen) atoms. The Morgan fingerprint density at radius 1 is 1.04 bits per heavy atom. The molecule has 2 nitrogen and oxygen atoms in total. The van der Waals surface area contributed by atoms with Gasteiger partial charge in [0.25, 0.3) is 0 Å². The highest BCUT2D eigenvalue weighted by Gasteiger charge is 2.44. The third kappa shape index (κ3) is 3.39. The fourth-order valence-corrected chi connectivity index (χ4v) is 4.78. The second-order valence-corrected chi connectivity index (χ2v) is 7.94. The number of benzene rings is 2. The highest BCUT2D eigenvalue weighted by Crippen LogP contribution is 2.44. The molecule has 1 aliphatic rings. The van der Waals surface area contributed by atoms with Crippen molar-refractivity contribution < 1.29 is 13.6 Å². The van der Waals surface area contributed by atoms with E-state index < -0.39 is 12.2 Å². The molecule has 2 heterocycles. The summed E-state index contributed by atoms with van der Waals surface area (Å²) in [6, 6.07) is 18.9. The van der Waals surface area contributed by atoms with Gasteiger partial charge in [0.05, 0.1) is 6.04 Å². The van der Waals surface area contributed by atoms with Gasteiger partial charge in [0.1, 0.15) is 5.82 Å². The van der Waals surface area contributed by atoms with E-state index in [0.29, 0.717) is 11.3 Å². The average Bonchev–Trinajstić information content (AvgIpc) is 3.28. The first-order valence-electron chi connectivity index (χ1n) is 8.85. The highest BCUT2D eigenvalue weighted by atomic mass is 32.1. The number of carbonyl (C=O) groups excluding carboxylic acids is 1. The minimum atomic E-state index is -1.27. The molecule has 0 spiro atoms. The number of likely N-dealkylation sites (N-methyl/N-ethyl adjacent to an activating group) is 1. The third-order valence-corrected chi connectivity index (χ3v) is 6.39. The molecule has 0 N–H and O–H groups in total. The lowest BCUT2D eigenvalue weighted by Gasteiger charge is -2.28. The lowest BCUT2D eigenvalue weighted by Crippen LogP contribution is -2.34. The van der Waals surface area contributed by atoms with E-state index in [-0.39, 0.29) is 17.6 Å². The molecular weight excluding hydrogens is 364 g/mol. The third-order valence-electron chi connectivity index (χ3n) is 5.20. The molecule has 3 atom stereocenters. The van der Waals surface area contributed by atoms with Crippen molar-refractivity contribution in [2.24, 2.45) is 0 Å². The van der Waals surface area contributed by atoms with Gasteiger partial charge in [0, 0.05) is 29.1 Å². The Bertz CT molecular complexity index is 938. The number of hydrogen-bond donors (Lipinski definition) is 0.